The Labute approximate surface area is 188 Å². The first-order valence-electron chi connectivity index (χ1n) is 12.2. The molecule has 0 spiro atoms. The fourth-order valence-electron chi connectivity index (χ4n) is 4.48. The Kier molecular flexibility index (Phi) is 9.58. The minimum absolute atomic E-state index is 0.364. The molecule has 1 aliphatic carbocycles. The van der Waals surface area contributed by atoms with E-state index >= 15 is 0 Å². The zero-order valence-electron chi connectivity index (χ0n) is 19.8. The van der Waals surface area contributed by atoms with Crippen LogP contribution in [0.5, 0.6) is 0 Å². The summed E-state index contributed by atoms with van der Waals surface area (Å²) in [5.74, 6) is -1.30. The van der Waals surface area contributed by atoms with Gasteiger partial charge in [-0.05, 0) is 88.8 Å². The Morgan fingerprint density at radius 1 is 0.871 bits per heavy atom. The lowest BCUT2D eigenvalue weighted by Crippen LogP contribution is -2.23. The molecule has 4 heteroatoms. The highest BCUT2D eigenvalue weighted by molar-refractivity contribution is 5.77. The second-order valence-corrected chi connectivity index (χ2v) is 10.3. The van der Waals surface area contributed by atoms with Crippen LogP contribution in [0, 0.1) is 17.8 Å². The lowest BCUT2D eigenvalue weighted by Gasteiger charge is -2.18. The first-order valence-corrected chi connectivity index (χ1v) is 12.2. The summed E-state index contributed by atoms with van der Waals surface area (Å²) >= 11 is 0. The molecule has 31 heavy (non-hydrogen) atoms. The predicted molar refractivity (Wildman–Crippen MR) is 125 cm³/mol. The molecule has 2 N–H and O–H groups in total. The van der Waals surface area contributed by atoms with Gasteiger partial charge in [-0.2, -0.15) is 0 Å². The SMILES string of the molecule is Cc1c(CCCCCCC(C)(C)C(=O)O)cccc1CCCCCCC1(C(=O)O)CC1. The van der Waals surface area contributed by atoms with Crippen molar-refractivity contribution >= 4 is 11.9 Å². The monoisotopic (exact) mass is 430 g/mol. The van der Waals surface area contributed by atoms with Gasteiger partial charge in [-0.3, -0.25) is 9.59 Å². The summed E-state index contributed by atoms with van der Waals surface area (Å²) in [5.41, 5.74) is 3.35. The van der Waals surface area contributed by atoms with Crippen molar-refractivity contribution < 1.29 is 19.8 Å². The van der Waals surface area contributed by atoms with Crippen LogP contribution in [-0.4, -0.2) is 22.2 Å². The lowest BCUT2D eigenvalue weighted by molar-refractivity contribution is -0.147. The summed E-state index contributed by atoms with van der Waals surface area (Å²) in [6.45, 7) is 5.86. The maximum Gasteiger partial charge on any atom is 0.309 e. The average Bonchev–Trinajstić information content (AvgIpc) is 3.50. The van der Waals surface area contributed by atoms with Gasteiger partial charge in [-0.25, -0.2) is 0 Å². The fraction of sp³-hybridized carbons (Fsp3) is 0.704. The second kappa shape index (κ2) is 11.7. The lowest BCUT2D eigenvalue weighted by atomic mass is 9.87. The van der Waals surface area contributed by atoms with E-state index in [1.54, 1.807) is 0 Å². The van der Waals surface area contributed by atoms with E-state index in [1.807, 2.05) is 13.8 Å². The number of hydrogen-bond donors (Lipinski definition) is 2. The number of rotatable bonds is 16. The summed E-state index contributed by atoms with van der Waals surface area (Å²) in [4.78, 5) is 22.4. The van der Waals surface area contributed by atoms with Gasteiger partial charge in [0.25, 0.3) is 0 Å². The number of carboxylic acids is 2. The molecule has 1 aromatic carbocycles. The first-order chi connectivity index (χ1) is 14.7. The molecule has 174 valence electrons. The summed E-state index contributed by atoms with van der Waals surface area (Å²) in [5, 5.41) is 18.4. The van der Waals surface area contributed by atoms with E-state index in [0.717, 1.165) is 77.0 Å². The normalized spacial score (nSPS) is 15.1. The molecular weight excluding hydrogens is 388 g/mol. The van der Waals surface area contributed by atoms with E-state index in [1.165, 1.54) is 29.5 Å². The number of aliphatic carboxylic acids is 2. The number of hydrogen-bond acceptors (Lipinski definition) is 2. The standard InChI is InChI=1S/C27H42O4/c1-21-22(13-8-4-6-10-17-26(2,3)24(28)29)15-12-16-23(21)14-9-5-7-11-18-27(19-20-27)25(30)31/h12,15-16H,4-11,13-14,17-20H2,1-3H3,(H,28,29)(H,30,31). The van der Waals surface area contributed by atoms with E-state index in [2.05, 4.69) is 25.1 Å². The molecule has 4 nitrogen and oxygen atoms in total. The topological polar surface area (TPSA) is 74.6 Å². The summed E-state index contributed by atoms with van der Waals surface area (Å²) in [6, 6.07) is 6.67. The number of carboxylic acid groups (broad SMARTS) is 2. The van der Waals surface area contributed by atoms with Crippen molar-refractivity contribution in [2.24, 2.45) is 10.8 Å². The van der Waals surface area contributed by atoms with Crippen LogP contribution >= 0.6 is 0 Å². The molecule has 2 rings (SSSR count). The Morgan fingerprint density at radius 2 is 1.39 bits per heavy atom. The van der Waals surface area contributed by atoms with E-state index in [-0.39, 0.29) is 5.41 Å². The van der Waals surface area contributed by atoms with E-state index in [0.29, 0.717) is 0 Å². The van der Waals surface area contributed by atoms with Gasteiger partial charge < -0.3 is 10.2 Å². The van der Waals surface area contributed by atoms with Crippen LogP contribution in [0.1, 0.15) is 108 Å². The summed E-state index contributed by atoms with van der Waals surface area (Å²) in [7, 11) is 0. The van der Waals surface area contributed by atoms with Gasteiger partial charge in [0.15, 0.2) is 0 Å². The van der Waals surface area contributed by atoms with Gasteiger partial charge in [-0.15, -0.1) is 0 Å². The quantitative estimate of drug-likeness (QED) is 0.278. The highest BCUT2D eigenvalue weighted by Gasteiger charge is 2.49. The summed E-state index contributed by atoms with van der Waals surface area (Å²) in [6.07, 6.45) is 14.4. The largest absolute Gasteiger partial charge is 0.481 e. The van der Waals surface area contributed by atoms with E-state index < -0.39 is 17.4 Å². The van der Waals surface area contributed by atoms with E-state index in [4.69, 9.17) is 0 Å². The van der Waals surface area contributed by atoms with Crippen LogP contribution < -0.4 is 0 Å². The first kappa shape index (κ1) is 25.4. The minimum atomic E-state index is -0.702. The minimum Gasteiger partial charge on any atom is -0.481 e. The molecule has 1 aliphatic rings. The molecule has 1 saturated carbocycles. The predicted octanol–water partition coefficient (Wildman–Crippen LogP) is 6.96. The highest BCUT2D eigenvalue weighted by Crippen LogP contribution is 2.50. The third-order valence-electron chi connectivity index (χ3n) is 7.29. The second-order valence-electron chi connectivity index (χ2n) is 10.3. The number of carbonyl (C=O) groups is 2. The average molecular weight is 431 g/mol. The van der Waals surface area contributed by atoms with Gasteiger partial charge in [0.1, 0.15) is 0 Å². The Morgan fingerprint density at radius 3 is 1.87 bits per heavy atom. The van der Waals surface area contributed by atoms with Crippen LogP contribution in [0.3, 0.4) is 0 Å². The highest BCUT2D eigenvalue weighted by atomic mass is 16.4. The molecular formula is C27H42O4. The zero-order valence-corrected chi connectivity index (χ0v) is 19.8. The van der Waals surface area contributed by atoms with Gasteiger partial charge in [-0.1, -0.05) is 56.7 Å². The van der Waals surface area contributed by atoms with Gasteiger partial charge in [0.05, 0.1) is 10.8 Å². The Bertz CT molecular complexity index is 685. The van der Waals surface area contributed by atoms with Crippen molar-refractivity contribution in [3.63, 3.8) is 0 Å². The molecule has 0 aromatic heterocycles. The number of unbranched alkanes of at least 4 members (excludes halogenated alkanes) is 6. The van der Waals surface area contributed by atoms with Crippen LogP contribution in [-0.2, 0) is 22.4 Å². The molecule has 0 radical (unpaired) electrons. The van der Waals surface area contributed by atoms with Crippen molar-refractivity contribution in [3.8, 4) is 0 Å². The summed E-state index contributed by atoms with van der Waals surface area (Å²) < 4.78 is 0. The molecule has 1 fully saturated rings. The van der Waals surface area contributed by atoms with Crippen LogP contribution in [0.2, 0.25) is 0 Å². The van der Waals surface area contributed by atoms with Gasteiger partial charge in [0, 0.05) is 0 Å². The maximum atomic E-state index is 11.2. The zero-order chi connectivity index (χ0) is 22.9. The van der Waals surface area contributed by atoms with Crippen LogP contribution in [0.25, 0.3) is 0 Å². The van der Waals surface area contributed by atoms with Crippen molar-refractivity contribution in [2.75, 3.05) is 0 Å². The molecule has 0 saturated heterocycles. The van der Waals surface area contributed by atoms with Crippen molar-refractivity contribution in [2.45, 2.75) is 111 Å². The third-order valence-corrected chi connectivity index (χ3v) is 7.29. The molecule has 0 heterocycles. The smallest absolute Gasteiger partial charge is 0.309 e. The number of benzene rings is 1. The molecule has 1 aromatic rings. The van der Waals surface area contributed by atoms with Crippen molar-refractivity contribution in [1.29, 1.82) is 0 Å². The molecule has 0 unspecified atom stereocenters. The molecule has 0 atom stereocenters. The molecule has 0 aliphatic heterocycles. The van der Waals surface area contributed by atoms with Crippen LogP contribution in [0.4, 0.5) is 0 Å². The van der Waals surface area contributed by atoms with Crippen LogP contribution in [0.15, 0.2) is 18.2 Å². The Balaban J connectivity index is 1.62. The van der Waals surface area contributed by atoms with Crippen molar-refractivity contribution in [1.82, 2.24) is 0 Å². The van der Waals surface area contributed by atoms with Gasteiger partial charge >= 0.3 is 11.9 Å². The molecule has 0 bridgehead atoms. The van der Waals surface area contributed by atoms with Crippen molar-refractivity contribution in [3.05, 3.63) is 34.9 Å². The fourth-order valence-corrected chi connectivity index (χ4v) is 4.48. The Hall–Kier alpha value is -1.84. The van der Waals surface area contributed by atoms with E-state index in [9.17, 15) is 19.8 Å². The molecule has 0 amide bonds. The maximum absolute atomic E-state index is 11.2. The third kappa shape index (κ3) is 7.97. The van der Waals surface area contributed by atoms with Gasteiger partial charge in [0.2, 0.25) is 0 Å². The number of aryl methyl sites for hydroxylation is 2.